The number of rotatable bonds is 29. The molecular weight excluding hydrogens is 794 g/mol. The number of hydrogen-bond acceptors (Lipinski definition) is 13. The minimum atomic E-state index is -4.04. The predicted molar refractivity (Wildman–Crippen MR) is 213 cm³/mol. The first kappa shape index (κ1) is 48.4. The molecule has 59 heavy (non-hydrogen) atoms. The first-order valence-electron chi connectivity index (χ1n) is 19.2. The molecule has 0 unspecified atom stereocenters. The minimum Gasteiger partial charge on any atom is -0.480 e. The van der Waals surface area contributed by atoms with Crippen LogP contribution in [-0.4, -0.2) is 107 Å². The summed E-state index contributed by atoms with van der Waals surface area (Å²) in [5.41, 5.74) is 0.142. The topological polar surface area (TPSA) is 215 Å². The van der Waals surface area contributed by atoms with Gasteiger partial charge in [0.15, 0.2) is 5.78 Å². The van der Waals surface area contributed by atoms with Crippen molar-refractivity contribution in [1.29, 1.82) is 0 Å². The van der Waals surface area contributed by atoms with E-state index in [-0.39, 0.29) is 93.1 Å². The van der Waals surface area contributed by atoms with Gasteiger partial charge in [-0.15, -0.1) is 0 Å². The number of ketones is 1. The van der Waals surface area contributed by atoms with Crippen LogP contribution in [0.5, 0.6) is 11.5 Å². The molecule has 0 saturated carbocycles. The Bertz CT molecular complexity index is 1890. The number of esters is 1. The summed E-state index contributed by atoms with van der Waals surface area (Å²) >= 11 is 0. The van der Waals surface area contributed by atoms with Gasteiger partial charge in [0.1, 0.15) is 41.9 Å². The number of Topliss-reactive ketones (excluding diaryl/α,β-unsaturated/α-hetero) is 1. The number of halogens is 1. The van der Waals surface area contributed by atoms with Crippen LogP contribution in [0.25, 0.3) is 0 Å². The average molecular weight is 848 g/mol. The van der Waals surface area contributed by atoms with Crippen molar-refractivity contribution in [2.75, 3.05) is 64.1 Å². The van der Waals surface area contributed by atoms with Crippen LogP contribution in [0.15, 0.2) is 65.7 Å². The van der Waals surface area contributed by atoms with Gasteiger partial charge in [0.05, 0.1) is 43.5 Å². The lowest BCUT2D eigenvalue weighted by molar-refractivity contribution is -0.155. The molecule has 1 heterocycles. The normalized spacial score (nSPS) is 11.5. The highest BCUT2D eigenvalue weighted by atomic mass is 32.2. The third kappa shape index (κ3) is 20.5. The van der Waals surface area contributed by atoms with E-state index in [1.165, 1.54) is 54.7 Å². The smallest absolute Gasteiger partial charge is 0.329 e. The highest BCUT2D eigenvalue weighted by Crippen LogP contribution is 2.26. The Kier molecular flexibility index (Phi) is 20.9. The Morgan fingerprint density at radius 1 is 0.763 bits per heavy atom. The van der Waals surface area contributed by atoms with Crippen LogP contribution >= 0.6 is 0 Å². The van der Waals surface area contributed by atoms with Crippen molar-refractivity contribution in [3.63, 3.8) is 0 Å². The number of sulfonamides is 1. The summed E-state index contributed by atoms with van der Waals surface area (Å²) in [4.78, 5) is 50.6. The van der Waals surface area contributed by atoms with Crippen LogP contribution < -0.4 is 14.8 Å². The first-order valence-corrected chi connectivity index (χ1v) is 20.7. The zero-order valence-electron chi connectivity index (χ0n) is 33.7. The van der Waals surface area contributed by atoms with Crippen molar-refractivity contribution >= 4 is 39.5 Å². The quantitative estimate of drug-likeness (QED) is 0.0582. The number of benzene rings is 2. The van der Waals surface area contributed by atoms with E-state index in [1.807, 2.05) is 20.8 Å². The summed E-state index contributed by atoms with van der Waals surface area (Å²) in [6.07, 6.45) is 4.82. The van der Waals surface area contributed by atoms with E-state index < -0.39 is 27.5 Å². The zero-order valence-corrected chi connectivity index (χ0v) is 34.5. The molecule has 0 fully saturated rings. The van der Waals surface area contributed by atoms with Gasteiger partial charge in [0.2, 0.25) is 0 Å². The molecule has 3 aromatic rings. The number of carbonyl (C=O) groups is 4. The number of carboxylic acids is 1. The molecule has 0 atom stereocenters. The summed E-state index contributed by atoms with van der Waals surface area (Å²) in [5.74, 6) is -1.47. The number of aliphatic carboxylic acids is 1. The molecule has 0 aliphatic carbocycles. The second-order valence-electron chi connectivity index (χ2n) is 14.1. The van der Waals surface area contributed by atoms with Gasteiger partial charge in [0, 0.05) is 32.2 Å². The molecule has 0 aliphatic rings. The van der Waals surface area contributed by atoms with Crippen molar-refractivity contribution in [1.82, 2.24) is 10.3 Å². The van der Waals surface area contributed by atoms with Crippen LogP contribution in [-0.2, 0) is 54.5 Å². The molecule has 324 valence electrons. The zero-order chi connectivity index (χ0) is 43.1. The third-order valence-electron chi connectivity index (χ3n) is 7.91. The highest BCUT2D eigenvalue weighted by molar-refractivity contribution is 7.92. The molecular formula is C41H54FN3O13S. The summed E-state index contributed by atoms with van der Waals surface area (Å²) in [7, 11) is -4.04. The van der Waals surface area contributed by atoms with Crippen molar-refractivity contribution < 1.29 is 65.5 Å². The molecule has 0 spiro atoms. The van der Waals surface area contributed by atoms with E-state index >= 15 is 0 Å². The van der Waals surface area contributed by atoms with Crippen molar-refractivity contribution in [3.05, 3.63) is 77.7 Å². The molecule has 2 aromatic carbocycles. The molecule has 1 amide bonds. The number of unbranched alkanes of at least 4 members (excludes halogenated alkanes) is 2. The highest BCUT2D eigenvalue weighted by Gasteiger charge is 2.17. The Balaban J connectivity index is 1.31. The fraction of sp³-hybridized carbons (Fsp3) is 0.488. The fourth-order valence-corrected chi connectivity index (χ4v) is 6.14. The predicted octanol–water partition coefficient (Wildman–Crippen LogP) is 5.49. The average Bonchev–Trinajstić information content (AvgIpc) is 3.17. The summed E-state index contributed by atoms with van der Waals surface area (Å²) in [6, 6.07) is 12.8. The number of carboxylic acid groups (broad SMARTS) is 1. The lowest BCUT2D eigenvalue weighted by Gasteiger charge is -2.19. The number of nitrogens with zero attached hydrogens (tertiary/aromatic N) is 1. The van der Waals surface area contributed by atoms with Crippen molar-refractivity contribution in [2.45, 2.75) is 76.2 Å². The molecule has 16 nitrogen and oxygen atoms in total. The number of nitrogens with one attached hydrogen (secondary N) is 2. The molecule has 0 radical (unpaired) electrons. The number of aromatic nitrogens is 1. The van der Waals surface area contributed by atoms with Gasteiger partial charge in [-0.05, 0) is 107 Å². The molecule has 0 bridgehead atoms. The summed E-state index contributed by atoms with van der Waals surface area (Å²) in [6.45, 7) is 6.54. The Morgan fingerprint density at radius 2 is 1.44 bits per heavy atom. The maximum atomic E-state index is 14.5. The van der Waals surface area contributed by atoms with Gasteiger partial charge in [-0.3, -0.25) is 19.1 Å². The van der Waals surface area contributed by atoms with E-state index in [0.29, 0.717) is 55.8 Å². The number of aryl methyl sites for hydroxylation is 1. The van der Waals surface area contributed by atoms with Crippen LogP contribution in [0.3, 0.4) is 0 Å². The van der Waals surface area contributed by atoms with Crippen LogP contribution in [0.4, 0.5) is 10.2 Å². The first-order chi connectivity index (χ1) is 28.1. The van der Waals surface area contributed by atoms with Crippen molar-refractivity contribution in [3.8, 4) is 11.5 Å². The van der Waals surface area contributed by atoms with E-state index in [0.717, 1.165) is 6.42 Å². The standard InChI is InChI=1S/C41H54FN3O13S/c1-41(2,3)58-39(49)10-6-4-5-8-30-26-34(14-17-36(30)42)57-33-12-15-35(16-13-33)59(51,52)45-37-18-11-31(27-44-37)40(50)43-19-21-54-23-24-55-28-32(46)9-7-20-53-22-25-56-29-38(47)48/h11-18,26-27H,4-10,19-25,28-29H2,1-3H3,(H,43,50)(H,44,45)(H,47,48). The second-order valence-corrected chi connectivity index (χ2v) is 15.8. The monoisotopic (exact) mass is 847 g/mol. The third-order valence-corrected chi connectivity index (χ3v) is 9.28. The number of hydrogen-bond donors (Lipinski definition) is 3. The van der Waals surface area contributed by atoms with E-state index in [4.69, 9.17) is 33.5 Å². The van der Waals surface area contributed by atoms with E-state index in [2.05, 4.69) is 15.0 Å². The molecule has 3 rings (SSSR count). The maximum absolute atomic E-state index is 14.5. The largest absolute Gasteiger partial charge is 0.480 e. The van der Waals surface area contributed by atoms with Gasteiger partial charge >= 0.3 is 11.9 Å². The molecule has 0 saturated heterocycles. The van der Waals surface area contributed by atoms with Crippen LogP contribution in [0.1, 0.15) is 75.2 Å². The summed E-state index contributed by atoms with van der Waals surface area (Å²) < 4.78 is 74.9. The summed E-state index contributed by atoms with van der Waals surface area (Å²) in [5, 5.41) is 11.1. The Labute approximate surface area is 344 Å². The SMILES string of the molecule is CC(C)(C)OC(=O)CCCCCc1cc(Oc2ccc(S(=O)(=O)Nc3ccc(C(=O)NCCOCCOCC(=O)CCCOCCOCC(=O)O)cn3)cc2)ccc1F. The molecule has 1 aromatic heterocycles. The van der Waals surface area contributed by atoms with Crippen LogP contribution in [0.2, 0.25) is 0 Å². The van der Waals surface area contributed by atoms with Gasteiger partial charge in [-0.2, -0.15) is 0 Å². The van der Waals surface area contributed by atoms with Gasteiger partial charge in [-0.1, -0.05) is 6.42 Å². The molecule has 3 N–H and O–H groups in total. The van der Waals surface area contributed by atoms with Gasteiger partial charge in [0.25, 0.3) is 15.9 Å². The lowest BCUT2D eigenvalue weighted by atomic mass is 10.1. The number of carbonyl (C=O) groups excluding carboxylic acids is 3. The minimum absolute atomic E-state index is 0.000716. The van der Waals surface area contributed by atoms with E-state index in [9.17, 15) is 32.0 Å². The van der Waals surface area contributed by atoms with Crippen LogP contribution in [0, 0.1) is 5.82 Å². The number of ether oxygens (including phenoxy) is 6. The van der Waals surface area contributed by atoms with Gasteiger partial charge < -0.3 is 38.8 Å². The number of amides is 1. The lowest BCUT2D eigenvalue weighted by Crippen LogP contribution is -2.28. The second kappa shape index (κ2) is 25.5. The Morgan fingerprint density at radius 3 is 2.12 bits per heavy atom. The number of pyridine rings is 1. The fourth-order valence-electron chi connectivity index (χ4n) is 5.14. The number of anilines is 1. The maximum Gasteiger partial charge on any atom is 0.329 e. The van der Waals surface area contributed by atoms with E-state index in [1.54, 1.807) is 6.07 Å². The Hall–Kier alpha value is -5.01. The van der Waals surface area contributed by atoms with Crippen molar-refractivity contribution in [2.24, 2.45) is 0 Å². The molecule has 18 heteroatoms. The molecule has 0 aliphatic heterocycles. The van der Waals surface area contributed by atoms with Gasteiger partial charge in [-0.25, -0.2) is 22.6 Å².